The summed E-state index contributed by atoms with van der Waals surface area (Å²) in [4.78, 5) is 24.7. The molecule has 2 aromatic carbocycles. The zero-order valence-corrected chi connectivity index (χ0v) is 18.6. The van der Waals surface area contributed by atoms with Crippen LogP contribution in [-0.2, 0) is 24.3 Å². The molecule has 3 rings (SSSR count). The number of anilines is 1. The molecule has 8 nitrogen and oxygen atoms in total. The van der Waals surface area contributed by atoms with Crippen LogP contribution < -0.4 is 5.32 Å². The van der Waals surface area contributed by atoms with Crippen molar-refractivity contribution in [1.82, 2.24) is 4.31 Å². The number of morpholine rings is 1. The third kappa shape index (κ3) is 5.49. The first-order valence-electron chi connectivity index (χ1n) is 9.91. The summed E-state index contributed by atoms with van der Waals surface area (Å²) in [7, 11) is -3.69. The average Bonchev–Trinajstić information content (AvgIpc) is 2.74. The molecule has 0 bridgehead atoms. The van der Waals surface area contributed by atoms with Crippen molar-refractivity contribution in [3.05, 3.63) is 58.7 Å². The van der Waals surface area contributed by atoms with Gasteiger partial charge in [-0.2, -0.15) is 4.31 Å². The fourth-order valence-electron chi connectivity index (χ4n) is 3.27. The smallest absolute Gasteiger partial charge is 0.338 e. The van der Waals surface area contributed by atoms with Gasteiger partial charge in [-0.3, -0.25) is 4.79 Å². The average molecular weight is 447 g/mol. The Bertz CT molecular complexity index is 1090. The van der Waals surface area contributed by atoms with Gasteiger partial charge in [0, 0.05) is 18.8 Å². The van der Waals surface area contributed by atoms with Gasteiger partial charge in [-0.25, -0.2) is 13.2 Å². The van der Waals surface area contributed by atoms with Crippen LogP contribution in [0.4, 0.5) is 5.69 Å². The maximum Gasteiger partial charge on any atom is 0.338 e. The van der Waals surface area contributed by atoms with E-state index in [1.54, 1.807) is 32.0 Å². The van der Waals surface area contributed by atoms with Crippen molar-refractivity contribution in [2.45, 2.75) is 25.7 Å². The summed E-state index contributed by atoms with van der Waals surface area (Å²) in [5.74, 6) is -1.14. The Kier molecular flexibility index (Phi) is 7.09. The third-order valence-corrected chi connectivity index (χ3v) is 6.92. The van der Waals surface area contributed by atoms with Crippen molar-refractivity contribution in [3.63, 3.8) is 0 Å². The Labute approximate surface area is 182 Å². The predicted octanol–water partition coefficient (Wildman–Crippen LogP) is 2.43. The molecular formula is C22H26N2O6S. The molecule has 1 fully saturated rings. The van der Waals surface area contributed by atoms with Crippen molar-refractivity contribution >= 4 is 27.6 Å². The van der Waals surface area contributed by atoms with Gasteiger partial charge in [-0.1, -0.05) is 23.8 Å². The van der Waals surface area contributed by atoms with E-state index in [-0.39, 0.29) is 18.0 Å². The molecule has 1 saturated heterocycles. The van der Waals surface area contributed by atoms with Crippen LogP contribution in [0.15, 0.2) is 41.3 Å². The van der Waals surface area contributed by atoms with E-state index in [1.807, 2.05) is 13.0 Å². The zero-order chi connectivity index (χ0) is 22.6. The van der Waals surface area contributed by atoms with E-state index in [9.17, 15) is 18.0 Å². The fourth-order valence-corrected chi connectivity index (χ4v) is 4.70. The molecule has 31 heavy (non-hydrogen) atoms. The second-order valence-electron chi connectivity index (χ2n) is 7.44. The first-order valence-corrected chi connectivity index (χ1v) is 11.4. The number of rotatable bonds is 6. The number of carbonyl (C=O) groups is 2. The Morgan fingerprint density at radius 1 is 1.03 bits per heavy atom. The van der Waals surface area contributed by atoms with Gasteiger partial charge in [0.25, 0.3) is 5.91 Å². The van der Waals surface area contributed by atoms with Gasteiger partial charge in [0.15, 0.2) is 6.61 Å². The minimum atomic E-state index is -3.69. The maximum absolute atomic E-state index is 12.9. The third-order valence-electron chi connectivity index (χ3n) is 5.03. The minimum absolute atomic E-state index is 0.0857. The molecule has 9 heteroatoms. The van der Waals surface area contributed by atoms with Crippen LogP contribution in [0.25, 0.3) is 0 Å². The van der Waals surface area contributed by atoms with Gasteiger partial charge in [-0.15, -0.1) is 0 Å². The predicted molar refractivity (Wildman–Crippen MR) is 116 cm³/mol. The summed E-state index contributed by atoms with van der Waals surface area (Å²) in [6, 6.07) is 9.88. The Morgan fingerprint density at radius 3 is 2.42 bits per heavy atom. The number of carbonyl (C=O) groups excluding carboxylic acids is 2. The number of sulfonamides is 1. The van der Waals surface area contributed by atoms with Crippen LogP contribution in [0.3, 0.4) is 0 Å². The van der Waals surface area contributed by atoms with Crippen molar-refractivity contribution in [2.24, 2.45) is 0 Å². The number of hydrogen-bond acceptors (Lipinski definition) is 6. The van der Waals surface area contributed by atoms with Crippen molar-refractivity contribution in [2.75, 3.05) is 38.2 Å². The molecule has 1 N–H and O–H groups in total. The number of ether oxygens (including phenoxy) is 2. The number of nitrogens with zero attached hydrogens (tertiary/aromatic N) is 1. The zero-order valence-electron chi connectivity index (χ0n) is 17.8. The highest BCUT2D eigenvalue weighted by molar-refractivity contribution is 7.89. The molecule has 1 aliphatic rings. The Hall–Kier alpha value is -2.75. The van der Waals surface area contributed by atoms with E-state index in [4.69, 9.17) is 9.47 Å². The van der Waals surface area contributed by atoms with Crippen molar-refractivity contribution in [3.8, 4) is 0 Å². The van der Waals surface area contributed by atoms with Crippen LogP contribution in [0.1, 0.15) is 27.0 Å². The summed E-state index contributed by atoms with van der Waals surface area (Å²) in [5.41, 5.74) is 3.22. The van der Waals surface area contributed by atoms with E-state index in [0.717, 1.165) is 11.1 Å². The van der Waals surface area contributed by atoms with Gasteiger partial charge in [0.1, 0.15) is 0 Å². The van der Waals surface area contributed by atoms with Crippen LogP contribution >= 0.6 is 0 Å². The molecule has 0 unspecified atom stereocenters. The monoisotopic (exact) mass is 446 g/mol. The number of aryl methyl sites for hydroxylation is 3. The minimum Gasteiger partial charge on any atom is -0.452 e. The molecule has 1 aliphatic heterocycles. The highest BCUT2D eigenvalue weighted by atomic mass is 32.2. The number of amides is 1. The Morgan fingerprint density at radius 2 is 1.74 bits per heavy atom. The van der Waals surface area contributed by atoms with Crippen LogP contribution in [-0.4, -0.2) is 57.5 Å². The van der Waals surface area contributed by atoms with Gasteiger partial charge >= 0.3 is 5.97 Å². The Balaban J connectivity index is 1.67. The number of nitrogens with one attached hydrogen (secondary N) is 1. The first kappa shape index (κ1) is 22.9. The topological polar surface area (TPSA) is 102 Å². The summed E-state index contributed by atoms with van der Waals surface area (Å²) < 4.78 is 37.4. The summed E-state index contributed by atoms with van der Waals surface area (Å²) >= 11 is 0. The normalized spacial score (nSPS) is 14.8. The van der Waals surface area contributed by atoms with E-state index in [0.29, 0.717) is 30.0 Å². The number of esters is 1. The molecule has 1 heterocycles. The second-order valence-corrected chi connectivity index (χ2v) is 9.37. The second kappa shape index (κ2) is 9.59. The van der Waals surface area contributed by atoms with E-state index < -0.39 is 28.5 Å². The molecule has 1 amide bonds. The highest BCUT2D eigenvalue weighted by Crippen LogP contribution is 2.23. The summed E-state index contributed by atoms with van der Waals surface area (Å²) in [6.45, 7) is 6.26. The van der Waals surface area contributed by atoms with Crippen molar-refractivity contribution in [1.29, 1.82) is 0 Å². The lowest BCUT2D eigenvalue weighted by molar-refractivity contribution is -0.119. The van der Waals surface area contributed by atoms with Crippen LogP contribution in [0.5, 0.6) is 0 Å². The lowest BCUT2D eigenvalue weighted by atomic mass is 10.1. The molecule has 0 radical (unpaired) electrons. The first-order chi connectivity index (χ1) is 14.7. The lowest BCUT2D eigenvalue weighted by Gasteiger charge is -2.26. The summed E-state index contributed by atoms with van der Waals surface area (Å²) in [5, 5.41) is 2.63. The highest BCUT2D eigenvalue weighted by Gasteiger charge is 2.27. The quantitative estimate of drug-likeness (QED) is 0.684. The number of benzene rings is 2. The molecule has 0 saturated carbocycles. The molecule has 0 aliphatic carbocycles. The fraction of sp³-hybridized carbons (Fsp3) is 0.364. The largest absolute Gasteiger partial charge is 0.452 e. The molecule has 2 aromatic rings. The maximum atomic E-state index is 12.9. The molecular weight excluding hydrogens is 420 g/mol. The standard InChI is InChI=1S/C22H26N2O6S/c1-15-4-7-19(17(3)12-15)22(26)30-14-21(25)23-20-13-18(6-5-16(20)2)31(27,28)24-8-10-29-11-9-24/h4-7,12-13H,8-11,14H2,1-3H3,(H,23,25). The van der Waals surface area contributed by atoms with E-state index in [1.165, 1.54) is 16.4 Å². The SMILES string of the molecule is Cc1ccc(C(=O)OCC(=O)Nc2cc(S(=O)(=O)N3CCOCC3)ccc2C)c(C)c1. The molecule has 0 aromatic heterocycles. The molecule has 0 atom stereocenters. The van der Waals surface area contributed by atoms with Gasteiger partial charge in [-0.05, 0) is 50.1 Å². The summed E-state index contributed by atoms with van der Waals surface area (Å²) in [6.07, 6.45) is 0. The van der Waals surface area contributed by atoms with Crippen LogP contribution in [0.2, 0.25) is 0 Å². The lowest BCUT2D eigenvalue weighted by Crippen LogP contribution is -2.40. The molecule has 0 spiro atoms. The van der Waals surface area contributed by atoms with Crippen LogP contribution in [0, 0.1) is 20.8 Å². The van der Waals surface area contributed by atoms with Gasteiger partial charge in [0.2, 0.25) is 10.0 Å². The van der Waals surface area contributed by atoms with Gasteiger partial charge in [0.05, 0.1) is 23.7 Å². The van der Waals surface area contributed by atoms with Crippen molar-refractivity contribution < 1.29 is 27.5 Å². The van der Waals surface area contributed by atoms with E-state index >= 15 is 0 Å². The van der Waals surface area contributed by atoms with Gasteiger partial charge < -0.3 is 14.8 Å². The number of hydrogen-bond donors (Lipinski definition) is 1. The van der Waals surface area contributed by atoms with E-state index in [2.05, 4.69) is 5.32 Å². The molecule has 166 valence electrons.